The molecule has 0 aliphatic carbocycles. The molecule has 0 fully saturated rings. The molecule has 0 amide bonds. The molecule has 6 heteroatoms. The van der Waals surface area contributed by atoms with Crippen LogP contribution in [0.2, 0.25) is 0 Å². The molecular formula is C20H20N2O4. The van der Waals surface area contributed by atoms with E-state index in [9.17, 15) is 15.0 Å². The van der Waals surface area contributed by atoms with Gasteiger partial charge in [-0.2, -0.15) is 0 Å². The summed E-state index contributed by atoms with van der Waals surface area (Å²) in [4.78, 5) is 18.8. The van der Waals surface area contributed by atoms with Gasteiger partial charge in [-0.25, -0.2) is 4.98 Å². The Morgan fingerprint density at radius 3 is 2.08 bits per heavy atom. The Balaban J connectivity index is 2.03. The zero-order chi connectivity index (χ0) is 18.5. The Morgan fingerprint density at radius 2 is 1.58 bits per heavy atom. The van der Waals surface area contributed by atoms with Crippen LogP contribution in [0.1, 0.15) is 34.9 Å². The SMILES string of the molecule is COC(O)c1nc(CC(c2ccccc2)c2ccccc2)[nH]c(=O)c1O. The number of benzene rings is 2. The van der Waals surface area contributed by atoms with Gasteiger partial charge in [-0.1, -0.05) is 60.7 Å². The quantitative estimate of drug-likeness (QED) is 0.593. The van der Waals surface area contributed by atoms with Gasteiger partial charge in [-0.05, 0) is 11.1 Å². The fraction of sp³-hybridized carbons (Fsp3) is 0.200. The van der Waals surface area contributed by atoms with Crippen molar-refractivity contribution in [2.75, 3.05) is 7.11 Å². The predicted octanol–water partition coefficient (Wildman–Crippen LogP) is 2.49. The predicted molar refractivity (Wildman–Crippen MR) is 96.9 cm³/mol. The zero-order valence-electron chi connectivity index (χ0n) is 14.3. The van der Waals surface area contributed by atoms with Crippen LogP contribution in [0.3, 0.4) is 0 Å². The Morgan fingerprint density at radius 1 is 1.04 bits per heavy atom. The van der Waals surface area contributed by atoms with Crippen molar-refractivity contribution in [2.45, 2.75) is 18.6 Å². The van der Waals surface area contributed by atoms with E-state index >= 15 is 0 Å². The van der Waals surface area contributed by atoms with Gasteiger partial charge in [0.05, 0.1) is 0 Å². The molecule has 134 valence electrons. The van der Waals surface area contributed by atoms with Gasteiger partial charge in [0.15, 0.2) is 0 Å². The highest BCUT2D eigenvalue weighted by Gasteiger charge is 2.21. The van der Waals surface area contributed by atoms with Crippen molar-refractivity contribution in [2.24, 2.45) is 0 Å². The monoisotopic (exact) mass is 352 g/mol. The van der Waals surface area contributed by atoms with E-state index in [2.05, 4.69) is 9.97 Å². The Labute approximate surface area is 150 Å². The summed E-state index contributed by atoms with van der Waals surface area (Å²) >= 11 is 0. The van der Waals surface area contributed by atoms with E-state index in [0.29, 0.717) is 12.2 Å². The summed E-state index contributed by atoms with van der Waals surface area (Å²) in [5, 5.41) is 19.7. The highest BCUT2D eigenvalue weighted by Crippen LogP contribution is 2.28. The second-order valence-electron chi connectivity index (χ2n) is 5.91. The fourth-order valence-corrected chi connectivity index (χ4v) is 2.91. The van der Waals surface area contributed by atoms with Gasteiger partial charge in [-0.3, -0.25) is 4.79 Å². The number of aliphatic hydroxyl groups is 1. The summed E-state index contributed by atoms with van der Waals surface area (Å²) < 4.78 is 4.78. The van der Waals surface area contributed by atoms with Gasteiger partial charge in [0, 0.05) is 19.4 Å². The first kappa shape index (κ1) is 17.8. The van der Waals surface area contributed by atoms with E-state index in [1.54, 1.807) is 0 Å². The number of ether oxygens (including phenoxy) is 1. The maximum atomic E-state index is 12.0. The Hall–Kier alpha value is -2.96. The fourth-order valence-electron chi connectivity index (χ4n) is 2.91. The molecule has 6 nitrogen and oxygen atoms in total. The number of H-pyrrole nitrogens is 1. The number of aromatic amines is 1. The maximum absolute atomic E-state index is 12.0. The van der Waals surface area contributed by atoms with Gasteiger partial charge in [0.25, 0.3) is 5.56 Å². The lowest BCUT2D eigenvalue weighted by Gasteiger charge is -2.18. The Bertz CT molecular complexity index is 871. The summed E-state index contributed by atoms with van der Waals surface area (Å²) in [5.41, 5.74) is 1.25. The van der Waals surface area contributed by atoms with Crippen LogP contribution in [0.4, 0.5) is 0 Å². The van der Waals surface area contributed by atoms with Crippen LogP contribution in [0.25, 0.3) is 0 Å². The molecule has 0 aliphatic rings. The van der Waals surface area contributed by atoms with Gasteiger partial charge < -0.3 is 19.9 Å². The van der Waals surface area contributed by atoms with Crippen molar-refractivity contribution in [3.8, 4) is 5.75 Å². The van der Waals surface area contributed by atoms with Crippen molar-refractivity contribution in [3.63, 3.8) is 0 Å². The zero-order valence-corrected chi connectivity index (χ0v) is 14.3. The van der Waals surface area contributed by atoms with E-state index in [1.807, 2.05) is 60.7 Å². The smallest absolute Gasteiger partial charge is 0.293 e. The summed E-state index contributed by atoms with van der Waals surface area (Å²) in [7, 11) is 1.27. The lowest BCUT2D eigenvalue weighted by molar-refractivity contribution is -0.0814. The van der Waals surface area contributed by atoms with E-state index < -0.39 is 17.6 Å². The highest BCUT2D eigenvalue weighted by molar-refractivity contribution is 5.34. The summed E-state index contributed by atoms with van der Waals surface area (Å²) in [6, 6.07) is 19.8. The van der Waals surface area contributed by atoms with Crippen molar-refractivity contribution < 1.29 is 14.9 Å². The first-order valence-electron chi connectivity index (χ1n) is 8.23. The Kier molecular flexibility index (Phi) is 5.46. The van der Waals surface area contributed by atoms with Crippen molar-refractivity contribution >= 4 is 0 Å². The summed E-state index contributed by atoms with van der Waals surface area (Å²) in [6.07, 6.45) is -1.07. The molecule has 3 aromatic rings. The number of hydrogen-bond donors (Lipinski definition) is 3. The number of hydrogen-bond acceptors (Lipinski definition) is 5. The first-order chi connectivity index (χ1) is 12.6. The average molecular weight is 352 g/mol. The molecule has 0 saturated heterocycles. The molecular weight excluding hydrogens is 332 g/mol. The number of aromatic hydroxyl groups is 1. The third kappa shape index (κ3) is 3.82. The van der Waals surface area contributed by atoms with E-state index in [1.165, 1.54) is 7.11 Å². The molecule has 1 atom stereocenters. The largest absolute Gasteiger partial charge is 0.502 e. The molecule has 3 N–H and O–H groups in total. The van der Waals surface area contributed by atoms with Gasteiger partial charge in [0.1, 0.15) is 11.5 Å². The third-order valence-electron chi connectivity index (χ3n) is 4.23. The normalized spacial score (nSPS) is 12.3. The van der Waals surface area contributed by atoms with Crippen LogP contribution >= 0.6 is 0 Å². The molecule has 2 aromatic carbocycles. The molecule has 26 heavy (non-hydrogen) atoms. The van der Waals surface area contributed by atoms with Gasteiger partial charge >= 0.3 is 0 Å². The molecule has 3 rings (SSSR count). The number of methoxy groups -OCH3 is 1. The molecule has 0 aliphatic heterocycles. The maximum Gasteiger partial charge on any atom is 0.293 e. The number of nitrogens with one attached hydrogen (secondary N) is 1. The lowest BCUT2D eigenvalue weighted by Crippen LogP contribution is -2.19. The molecule has 0 bridgehead atoms. The first-order valence-corrected chi connectivity index (χ1v) is 8.23. The minimum atomic E-state index is -1.47. The molecule has 0 saturated carbocycles. The molecule has 1 aromatic heterocycles. The van der Waals surface area contributed by atoms with Crippen LogP contribution in [-0.2, 0) is 11.2 Å². The highest BCUT2D eigenvalue weighted by atomic mass is 16.6. The summed E-state index contributed by atoms with van der Waals surface area (Å²) in [5.74, 6) is -0.326. The summed E-state index contributed by atoms with van der Waals surface area (Å²) in [6.45, 7) is 0. The second-order valence-corrected chi connectivity index (χ2v) is 5.91. The van der Waals surface area contributed by atoms with Crippen LogP contribution in [0.5, 0.6) is 5.75 Å². The molecule has 1 unspecified atom stereocenters. The standard InChI is InChI=1S/C20H20N2O4/c1-26-20(25)17-18(23)19(24)22-16(21-17)12-15(13-8-4-2-5-9-13)14-10-6-3-7-11-14/h2-11,15,20,23,25H,12H2,1H3,(H,21,22,24). The lowest BCUT2D eigenvalue weighted by atomic mass is 9.88. The number of nitrogens with zero attached hydrogens (tertiary/aromatic N) is 1. The number of rotatable bonds is 6. The average Bonchev–Trinajstić information content (AvgIpc) is 2.69. The van der Waals surface area contributed by atoms with Crippen LogP contribution in [0.15, 0.2) is 65.5 Å². The van der Waals surface area contributed by atoms with Crippen molar-refractivity contribution in [1.29, 1.82) is 0 Å². The van der Waals surface area contributed by atoms with E-state index in [0.717, 1.165) is 11.1 Å². The van der Waals surface area contributed by atoms with Gasteiger partial charge in [-0.15, -0.1) is 0 Å². The second kappa shape index (κ2) is 7.95. The van der Waals surface area contributed by atoms with E-state index in [4.69, 9.17) is 4.74 Å². The molecule has 0 radical (unpaired) electrons. The minimum Gasteiger partial charge on any atom is -0.502 e. The van der Waals surface area contributed by atoms with Crippen LogP contribution in [-0.4, -0.2) is 27.3 Å². The van der Waals surface area contributed by atoms with Gasteiger partial charge in [0.2, 0.25) is 12.0 Å². The third-order valence-corrected chi connectivity index (χ3v) is 4.23. The number of aromatic nitrogens is 2. The van der Waals surface area contributed by atoms with Crippen LogP contribution in [0, 0.1) is 0 Å². The number of aliphatic hydroxyl groups excluding tert-OH is 1. The molecule has 1 heterocycles. The van der Waals surface area contributed by atoms with Crippen LogP contribution < -0.4 is 5.56 Å². The minimum absolute atomic E-state index is 0.0439. The topological polar surface area (TPSA) is 95.4 Å². The van der Waals surface area contributed by atoms with E-state index in [-0.39, 0.29) is 11.6 Å². The van der Waals surface area contributed by atoms with Crippen molar-refractivity contribution in [3.05, 3.63) is 93.7 Å². The molecule has 0 spiro atoms. The van der Waals surface area contributed by atoms with Crippen molar-refractivity contribution in [1.82, 2.24) is 9.97 Å².